The van der Waals surface area contributed by atoms with Crippen molar-refractivity contribution in [2.75, 3.05) is 26.2 Å². The number of Topliss-reactive ketones (excluding diaryl/α,β-unsaturated/α-hetero) is 1. The van der Waals surface area contributed by atoms with Crippen LogP contribution in [0, 0.1) is 11.3 Å². The minimum atomic E-state index is -0.630. The van der Waals surface area contributed by atoms with Gasteiger partial charge in [-0.2, -0.15) is 0 Å². The number of rotatable bonds is 5. The van der Waals surface area contributed by atoms with Crippen LogP contribution in [0.25, 0.3) is 0 Å². The Morgan fingerprint density at radius 1 is 1.32 bits per heavy atom. The summed E-state index contributed by atoms with van der Waals surface area (Å²) < 4.78 is 12.2. The van der Waals surface area contributed by atoms with Crippen molar-refractivity contribution < 1.29 is 14.3 Å². The van der Waals surface area contributed by atoms with Gasteiger partial charge in [-0.15, -0.1) is 0 Å². The standard InChI is InChI=1S/C18H33NO3/c1-6-10-19(7-2)12-14-13-21-18(22-14)9-8-15(16(20)11-18)17(3,4)5/h14-15H,6-13H2,1-5H3. The summed E-state index contributed by atoms with van der Waals surface area (Å²) in [4.78, 5) is 14.9. The molecule has 4 nitrogen and oxygen atoms in total. The van der Waals surface area contributed by atoms with Gasteiger partial charge in [0.2, 0.25) is 0 Å². The average molecular weight is 311 g/mol. The minimum Gasteiger partial charge on any atom is -0.347 e. The van der Waals surface area contributed by atoms with Crippen molar-refractivity contribution in [3.05, 3.63) is 0 Å². The van der Waals surface area contributed by atoms with E-state index in [2.05, 4.69) is 39.5 Å². The third-order valence-electron chi connectivity index (χ3n) is 5.05. The van der Waals surface area contributed by atoms with Gasteiger partial charge in [-0.1, -0.05) is 34.6 Å². The Morgan fingerprint density at radius 3 is 2.59 bits per heavy atom. The van der Waals surface area contributed by atoms with E-state index in [4.69, 9.17) is 9.47 Å². The molecule has 1 saturated heterocycles. The van der Waals surface area contributed by atoms with E-state index in [1.165, 1.54) is 0 Å². The zero-order chi connectivity index (χ0) is 16.4. The Labute approximate surface area is 135 Å². The third-order valence-corrected chi connectivity index (χ3v) is 5.05. The van der Waals surface area contributed by atoms with E-state index in [0.29, 0.717) is 18.8 Å². The summed E-state index contributed by atoms with van der Waals surface area (Å²) in [5.41, 5.74) is 0.0385. The number of hydrogen-bond acceptors (Lipinski definition) is 4. The molecule has 0 aromatic heterocycles. The van der Waals surface area contributed by atoms with Crippen LogP contribution in [0.4, 0.5) is 0 Å². The number of carbonyl (C=O) groups excluding carboxylic acids is 1. The van der Waals surface area contributed by atoms with E-state index in [-0.39, 0.29) is 17.4 Å². The lowest BCUT2D eigenvalue weighted by molar-refractivity contribution is -0.197. The molecule has 1 heterocycles. The van der Waals surface area contributed by atoms with Gasteiger partial charge in [0.1, 0.15) is 5.78 Å². The van der Waals surface area contributed by atoms with Crippen molar-refractivity contribution in [1.82, 2.24) is 4.90 Å². The highest BCUT2D eigenvalue weighted by Crippen LogP contribution is 2.43. The molecule has 3 atom stereocenters. The molecule has 0 aromatic carbocycles. The van der Waals surface area contributed by atoms with Crippen molar-refractivity contribution in [2.45, 2.75) is 72.2 Å². The Balaban J connectivity index is 1.91. The zero-order valence-electron chi connectivity index (χ0n) is 15.0. The number of likely N-dealkylation sites (N-methyl/N-ethyl adjacent to an activating group) is 1. The normalized spacial score (nSPS) is 33.1. The summed E-state index contributed by atoms with van der Waals surface area (Å²) in [7, 11) is 0. The first kappa shape index (κ1) is 17.9. The molecular weight excluding hydrogens is 278 g/mol. The maximum Gasteiger partial charge on any atom is 0.175 e. The van der Waals surface area contributed by atoms with Crippen LogP contribution in [-0.4, -0.2) is 48.8 Å². The lowest BCUT2D eigenvalue weighted by atomic mass is 9.70. The third kappa shape index (κ3) is 4.09. The molecule has 2 rings (SSSR count). The van der Waals surface area contributed by atoms with Gasteiger partial charge < -0.3 is 14.4 Å². The van der Waals surface area contributed by atoms with Crippen LogP contribution < -0.4 is 0 Å². The monoisotopic (exact) mass is 311 g/mol. The maximum absolute atomic E-state index is 12.5. The second-order valence-corrected chi connectivity index (χ2v) is 7.96. The topological polar surface area (TPSA) is 38.8 Å². The summed E-state index contributed by atoms with van der Waals surface area (Å²) in [5, 5.41) is 0. The Morgan fingerprint density at radius 2 is 2.05 bits per heavy atom. The molecule has 1 aliphatic carbocycles. The molecule has 128 valence electrons. The fourth-order valence-electron chi connectivity index (χ4n) is 3.83. The van der Waals surface area contributed by atoms with Gasteiger partial charge in [0.05, 0.1) is 19.1 Å². The van der Waals surface area contributed by atoms with E-state index in [0.717, 1.165) is 38.9 Å². The summed E-state index contributed by atoms with van der Waals surface area (Å²) in [6.45, 7) is 14.5. The lowest BCUT2D eigenvalue weighted by Crippen LogP contribution is -2.45. The molecule has 0 radical (unpaired) electrons. The van der Waals surface area contributed by atoms with E-state index >= 15 is 0 Å². The van der Waals surface area contributed by atoms with Crippen molar-refractivity contribution in [3.63, 3.8) is 0 Å². The first-order valence-corrected chi connectivity index (χ1v) is 8.86. The largest absolute Gasteiger partial charge is 0.347 e. The van der Waals surface area contributed by atoms with Gasteiger partial charge in [-0.25, -0.2) is 0 Å². The molecular formula is C18H33NO3. The van der Waals surface area contributed by atoms with E-state index in [9.17, 15) is 4.79 Å². The predicted octanol–water partition coefficient (Wildman–Crippen LogP) is 3.25. The van der Waals surface area contributed by atoms with Crippen LogP contribution in [0.2, 0.25) is 0 Å². The molecule has 1 aliphatic heterocycles. The van der Waals surface area contributed by atoms with Crippen LogP contribution in [0.15, 0.2) is 0 Å². The fraction of sp³-hybridized carbons (Fsp3) is 0.944. The van der Waals surface area contributed by atoms with E-state index in [1.807, 2.05) is 0 Å². The second-order valence-electron chi connectivity index (χ2n) is 7.96. The summed E-state index contributed by atoms with van der Waals surface area (Å²) in [6, 6.07) is 0. The first-order valence-electron chi connectivity index (χ1n) is 8.86. The van der Waals surface area contributed by atoms with Crippen LogP contribution in [-0.2, 0) is 14.3 Å². The quantitative estimate of drug-likeness (QED) is 0.781. The van der Waals surface area contributed by atoms with Crippen molar-refractivity contribution in [3.8, 4) is 0 Å². The van der Waals surface area contributed by atoms with Crippen LogP contribution in [0.1, 0.15) is 60.3 Å². The molecule has 3 unspecified atom stereocenters. The molecule has 2 aliphatic rings. The fourth-order valence-corrected chi connectivity index (χ4v) is 3.83. The molecule has 4 heteroatoms. The molecule has 1 saturated carbocycles. The molecule has 2 fully saturated rings. The van der Waals surface area contributed by atoms with Crippen molar-refractivity contribution in [1.29, 1.82) is 0 Å². The number of carbonyl (C=O) groups is 1. The van der Waals surface area contributed by atoms with Crippen molar-refractivity contribution >= 4 is 5.78 Å². The van der Waals surface area contributed by atoms with Gasteiger partial charge in [0.25, 0.3) is 0 Å². The van der Waals surface area contributed by atoms with Gasteiger partial charge >= 0.3 is 0 Å². The Hall–Kier alpha value is -0.450. The zero-order valence-corrected chi connectivity index (χ0v) is 15.0. The second kappa shape index (κ2) is 6.98. The van der Waals surface area contributed by atoms with E-state index < -0.39 is 5.79 Å². The Bertz CT molecular complexity index is 390. The molecule has 0 N–H and O–H groups in total. The van der Waals surface area contributed by atoms with Gasteiger partial charge in [-0.05, 0) is 31.3 Å². The lowest BCUT2D eigenvalue weighted by Gasteiger charge is -2.39. The van der Waals surface area contributed by atoms with E-state index in [1.54, 1.807) is 0 Å². The highest BCUT2D eigenvalue weighted by molar-refractivity contribution is 5.83. The van der Waals surface area contributed by atoms with Crippen molar-refractivity contribution in [2.24, 2.45) is 11.3 Å². The first-order chi connectivity index (χ1) is 10.3. The predicted molar refractivity (Wildman–Crippen MR) is 87.8 cm³/mol. The molecule has 0 amide bonds. The SMILES string of the molecule is CCCN(CC)CC1COC2(CCC(C(C)(C)C)C(=O)C2)O1. The van der Waals surface area contributed by atoms with Gasteiger partial charge in [0.15, 0.2) is 5.79 Å². The highest BCUT2D eigenvalue weighted by Gasteiger charge is 2.49. The number of ether oxygens (including phenoxy) is 2. The molecule has 1 spiro atoms. The Kier molecular flexibility index (Phi) is 5.68. The highest BCUT2D eigenvalue weighted by atomic mass is 16.7. The summed E-state index contributed by atoms with van der Waals surface area (Å²) in [5.74, 6) is -0.188. The van der Waals surface area contributed by atoms with Crippen LogP contribution in [0.5, 0.6) is 0 Å². The minimum absolute atomic E-state index is 0.0385. The maximum atomic E-state index is 12.5. The van der Waals surface area contributed by atoms with Gasteiger partial charge in [-0.3, -0.25) is 4.79 Å². The van der Waals surface area contributed by atoms with Crippen LogP contribution >= 0.6 is 0 Å². The number of nitrogens with zero attached hydrogens (tertiary/aromatic N) is 1. The molecule has 0 aromatic rings. The summed E-state index contributed by atoms with van der Waals surface area (Å²) >= 11 is 0. The summed E-state index contributed by atoms with van der Waals surface area (Å²) in [6.07, 6.45) is 3.40. The average Bonchev–Trinajstić information content (AvgIpc) is 2.79. The smallest absolute Gasteiger partial charge is 0.175 e. The number of hydrogen-bond donors (Lipinski definition) is 0. The molecule has 22 heavy (non-hydrogen) atoms. The van der Waals surface area contributed by atoms with Crippen LogP contribution in [0.3, 0.4) is 0 Å². The molecule has 0 bridgehead atoms. The number of ketones is 1. The van der Waals surface area contributed by atoms with Gasteiger partial charge in [0, 0.05) is 18.9 Å².